The van der Waals surface area contributed by atoms with E-state index in [0.717, 1.165) is 11.3 Å². The van der Waals surface area contributed by atoms with E-state index < -0.39 is 5.60 Å². The zero-order chi connectivity index (χ0) is 10.9. The van der Waals surface area contributed by atoms with Gasteiger partial charge in [-0.15, -0.1) is 0 Å². The number of aromatic nitrogens is 3. The molecule has 15 heavy (non-hydrogen) atoms. The van der Waals surface area contributed by atoms with E-state index >= 15 is 0 Å². The fraction of sp³-hybridized carbons (Fsp3) is 0.400. The predicted molar refractivity (Wildman–Crippen MR) is 57.8 cm³/mol. The highest BCUT2D eigenvalue weighted by molar-refractivity contribution is 5.66. The molecule has 0 aliphatic carbocycles. The highest BCUT2D eigenvalue weighted by atomic mass is 16.3. The first-order valence-electron chi connectivity index (χ1n) is 4.81. The van der Waals surface area contributed by atoms with E-state index in [0.29, 0.717) is 6.54 Å². The van der Waals surface area contributed by atoms with E-state index in [4.69, 9.17) is 0 Å². The quantitative estimate of drug-likeness (QED) is 0.783. The topological polar surface area (TPSA) is 62.5 Å². The van der Waals surface area contributed by atoms with Crippen LogP contribution in [0, 0.1) is 0 Å². The van der Waals surface area contributed by atoms with Crippen molar-refractivity contribution in [1.82, 2.24) is 14.6 Å². The molecule has 2 aromatic rings. The summed E-state index contributed by atoms with van der Waals surface area (Å²) in [6, 6.07) is 1.87. The Hall–Kier alpha value is -1.62. The van der Waals surface area contributed by atoms with Gasteiger partial charge in [0.15, 0.2) is 5.82 Å². The molecule has 5 nitrogen and oxygen atoms in total. The Morgan fingerprint density at radius 3 is 3.00 bits per heavy atom. The van der Waals surface area contributed by atoms with Crippen molar-refractivity contribution in [2.45, 2.75) is 19.4 Å². The summed E-state index contributed by atoms with van der Waals surface area (Å²) in [7, 11) is 0. The van der Waals surface area contributed by atoms with Gasteiger partial charge in [0, 0.05) is 18.9 Å². The average molecular weight is 206 g/mol. The Morgan fingerprint density at radius 2 is 2.27 bits per heavy atom. The van der Waals surface area contributed by atoms with Crippen LogP contribution in [0.25, 0.3) is 5.52 Å². The van der Waals surface area contributed by atoms with Crippen molar-refractivity contribution in [1.29, 1.82) is 0 Å². The van der Waals surface area contributed by atoms with Gasteiger partial charge in [-0.2, -0.15) is 5.10 Å². The van der Waals surface area contributed by atoms with E-state index in [1.807, 2.05) is 6.07 Å². The minimum absolute atomic E-state index is 0.449. The predicted octanol–water partition coefficient (Wildman–Crippen LogP) is 0.912. The van der Waals surface area contributed by atoms with Crippen LogP contribution in [0.1, 0.15) is 13.8 Å². The van der Waals surface area contributed by atoms with Gasteiger partial charge < -0.3 is 10.4 Å². The number of anilines is 1. The summed E-state index contributed by atoms with van der Waals surface area (Å²) in [6.07, 6.45) is 5.17. The zero-order valence-corrected chi connectivity index (χ0v) is 8.81. The third kappa shape index (κ3) is 2.24. The van der Waals surface area contributed by atoms with Crippen molar-refractivity contribution in [3.63, 3.8) is 0 Å². The molecule has 80 valence electrons. The lowest BCUT2D eigenvalue weighted by Gasteiger charge is -2.18. The van der Waals surface area contributed by atoms with E-state index in [1.54, 1.807) is 37.0 Å². The highest BCUT2D eigenvalue weighted by Crippen LogP contribution is 2.13. The molecular formula is C10H14N4O. The van der Waals surface area contributed by atoms with Gasteiger partial charge in [-0.1, -0.05) is 0 Å². The number of nitrogens with zero attached hydrogens (tertiary/aromatic N) is 3. The van der Waals surface area contributed by atoms with E-state index in [-0.39, 0.29) is 0 Å². The van der Waals surface area contributed by atoms with Gasteiger partial charge in [0.2, 0.25) is 0 Å². The lowest BCUT2D eigenvalue weighted by molar-refractivity contribution is 0.0944. The Balaban J connectivity index is 2.24. The van der Waals surface area contributed by atoms with Crippen molar-refractivity contribution in [2.24, 2.45) is 0 Å². The maximum absolute atomic E-state index is 9.59. The molecule has 0 aliphatic heterocycles. The maximum Gasteiger partial charge on any atom is 0.152 e. The molecule has 2 aromatic heterocycles. The largest absolute Gasteiger partial charge is 0.389 e. The first kappa shape index (κ1) is 9.92. The molecule has 0 aliphatic rings. The Kier molecular flexibility index (Phi) is 2.32. The van der Waals surface area contributed by atoms with E-state index in [9.17, 15) is 5.11 Å². The lowest BCUT2D eigenvalue weighted by Crippen LogP contribution is -2.29. The fourth-order valence-electron chi connectivity index (χ4n) is 1.29. The van der Waals surface area contributed by atoms with Crippen LogP contribution in [0.5, 0.6) is 0 Å². The van der Waals surface area contributed by atoms with Gasteiger partial charge in [0.25, 0.3) is 0 Å². The van der Waals surface area contributed by atoms with Gasteiger partial charge in [-0.3, -0.25) is 0 Å². The number of hydrogen-bond donors (Lipinski definition) is 2. The summed E-state index contributed by atoms with van der Waals surface area (Å²) in [5.74, 6) is 0.733. The third-order valence-electron chi connectivity index (χ3n) is 2.01. The molecule has 0 bridgehead atoms. The molecule has 0 saturated heterocycles. The monoisotopic (exact) mass is 206 g/mol. The molecule has 0 atom stereocenters. The first-order valence-corrected chi connectivity index (χ1v) is 4.81. The number of nitrogens with one attached hydrogen (secondary N) is 1. The first-order chi connectivity index (χ1) is 7.06. The highest BCUT2D eigenvalue weighted by Gasteiger charge is 2.13. The van der Waals surface area contributed by atoms with Crippen LogP contribution in [0.2, 0.25) is 0 Å². The second-order valence-corrected chi connectivity index (χ2v) is 4.10. The zero-order valence-electron chi connectivity index (χ0n) is 8.81. The third-order valence-corrected chi connectivity index (χ3v) is 2.01. The molecule has 2 N–H and O–H groups in total. The second kappa shape index (κ2) is 3.51. The normalized spacial score (nSPS) is 11.9. The van der Waals surface area contributed by atoms with Crippen molar-refractivity contribution in [3.8, 4) is 0 Å². The van der Waals surface area contributed by atoms with Gasteiger partial charge >= 0.3 is 0 Å². The van der Waals surface area contributed by atoms with Crippen LogP contribution in [0.4, 0.5) is 5.82 Å². The van der Waals surface area contributed by atoms with Crippen molar-refractivity contribution < 1.29 is 5.11 Å². The molecule has 0 spiro atoms. The minimum Gasteiger partial charge on any atom is -0.389 e. The van der Waals surface area contributed by atoms with Gasteiger partial charge in [0.1, 0.15) is 5.52 Å². The molecule has 0 saturated carbocycles. The fourth-order valence-corrected chi connectivity index (χ4v) is 1.29. The lowest BCUT2D eigenvalue weighted by atomic mass is 10.1. The molecule has 2 rings (SSSR count). The average Bonchev–Trinajstić information content (AvgIpc) is 2.61. The number of rotatable bonds is 3. The number of fused-ring (bicyclic) bond motifs is 1. The van der Waals surface area contributed by atoms with Crippen LogP contribution in [0.15, 0.2) is 24.7 Å². The molecule has 5 heteroatoms. The Bertz CT molecular complexity index is 458. The second-order valence-electron chi connectivity index (χ2n) is 4.10. The summed E-state index contributed by atoms with van der Waals surface area (Å²) in [5, 5.41) is 16.8. The van der Waals surface area contributed by atoms with Crippen LogP contribution >= 0.6 is 0 Å². The van der Waals surface area contributed by atoms with Crippen LogP contribution in [-0.4, -0.2) is 31.9 Å². The van der Waals surface area contributed by atoms with Crippen molar-refractivity contribution >= 4 is 11.3 Å². The van der Waals surface area contributed by atoms with Crippen LogP contribution < -0.4 is 5.32 Å². The molecular weight excluding hydrogens is 192 g/mol. The van der Waals surface area contributed by atoms with Crippen LogP contribution in [-0.2, 0) is 0 Å². The Morgan fingerprint density at radius 1 is 1.47 bits per heavy atom. The molecule has 0 radical (unpaired) electrons. The minimum atomic E-state index is -0.755. The molecule has 0 aromatic carbocycles. The summed E-state index contributed by atoms with van der Waals surface area (Å²) >= 11 is 0. The molecule has 0 amide bonds. The standard InChI is InChI=1S/C10H14N4O/c1-10(2,15)7-12-9-8-3-4-13-14(8)6-5-11-9/h3-6,15H,7H2,1-2H3,(H,11,12). The van der Waals surface area contributed by atoms with Crippen molar-refractivity contribution in [3.05, 3.63) is 24.7 Å². The van der Waals surface area contributed by atoms with Gasteiger partial charge in [-0.25, -0.2) is 9.50 Å². The SMILES string of the molecule is CC(C)(O)CNc1nccn2nccc12. The summed E-state index contributed by atoms with van der Waals surface area (Å²) < 4.78 is 1.74. The molecule has 0 fully saturated rings. The smallest absolute Gasteiger partial charge is 0.152 e. The van der Waals surface area contributed by atoms with Crippen LogP contribution in [0.3, 0.4) is 0 Å². The van der Waals surface area contributed by atoms with E-state index in [1.165, 1.54) is 0 Å². The Labute approximate surface area is 87.8 Å². The maximum atomic E-state index is 9.59. The molecule has 2 heterocycles. The summed E-state index contributed by atoms with van der Waals surface area (Å²) in [5.41, 5.74) is 0.149. The summed E-state index contributed by atoms with van der Waals surface area (Å²) in [4.78, 5) is 4.20. The number of hydrogen-bond acceptors (Lipinski definition) is 4. The summed E-state index contributed by atoms with van der Waals surface area (Å²) in [6.45, 7) is 3.94. The molecule has 0 unspecified atom stereocenters. The van der Waals surface area contributed by atoms with E-state index in [2.05, 4.69) is 15.4 Å². The van der Waals surface area contributed by atoms with Gasteiger partial charge in [0.05, 0.1) is 11.8 Å². The van der Waals surface area contributed by atoms with Crippen molar-refractivity contribution in [2.75, 3.05) is 11.9 Å². The number of aliphatic hydroxyl groups is 1. The van der Waals surface area contributed by atoms with Gasteiger partial charge in [-0.05, 0) is 19.9 Å².